The number of benzene rings is 1. The first-order valence-electron chi connectivity index (χ1n) is 5.99. The topological polar surface area (TPSA) is 24.9 Å². The molecular formula is C14H11ClF4N2. The van der Waals surface area contributed by atoms with Gasteiger partial charge in [-0.2, -0.15) is 13.2 Å². The summed E-state index contributed by atoms with van der Waals surface area (Å²) in [6.07, 6.45) is -3.23. The fraction of sp³-hybridized carbons (Fsp3) is 0.214. The third-order valence-corrected chi connectivity index (χ3v) is 3.24. The lowest BCUT2D eigenvalue weighted by Crippen LogP contribution is -2.10. The summed E-state index contributed by atoms with van der Waals surface area (Å²) in [7, 11) is 0. The molecular weight excluding hydrogens is 308 g/mol. The summed E-state index contributed by atoms with van der Waals surface area (Å²) in [4.78, 5) is 3.92. The zero-order valence-electron chi connectivity index (χ0n) is 10.9. The number of halogens is 5. The summed E-state index contributed by atoms with van der Waals surface area (Å²) in [6, 6.07) is 4.63. The van der Waals surface area contributed by atoms with Crippen LogP contribution in [0.1, 0.15) is 16.7 Å². The second kappa shape index (κ2) is 5.89. The van der Waals surface area contributed by atoms with E-state index in [1.807, 2.05) is 0 Å². The van der Waals surface area contributed by atoms with Crippen LogP contribution in [0.25, 0.3) is 0 Å². The highest BCUT2D eigenvalue weighted by Gasteiger charge is 2.34. The Kier molecular flexibility index (Phi) is 4.37. The molecule has 0 saturated carbocycles. The minimum absolute atomic E-state index is 0.117. The molecule has 21 heavy (non-hydrogen) atoms. The van der Waals surface area contributed by atoms with E-state index in [9.17, 15) is 17.6 Å². The van der Waals surface area contributed by atoms with E-state index >= 15 is 0 Å². The Morgan fingerprint density at radius 1 is 1.24 bits per heavy atom. The number of hydrogen-bond acceptors (Lipinski definition) is 2. The van der Waals surface area contributed by atoms with E-state index in [-0.39, 0.29) is 6.54 Å². The first kappa shape index (κ1) is 15.6. The van der Waals surface area contributed by atoms with E-state index in [0.717, 1.165) is 17.7 Å². The van der Waals surface area contributed by atoms with Crippen LogP contribution in [0.2, 0.25) is 5.15 Å². The Morgan fingerprint density at radius 2 is 1.95 bits per heavy atom. The molecule has 0 fully saturated rings. The third-order valence-electron chi connectivity index (χ3n) is 2.85. The lowest BCUT2D eigenvalue weighted by Gasteiger charge is -2.11. The molecule has 1 aromatic heterocycles. The molecule has 2 aromatic rings. The first-order valence-corrected chi connectivity index (χ1v) is 6.37. The van der Waals surface area contributed by atoms with Crippen molar-refractivity contribution in [3.63, 3.8) is 0 Å². The van der Waals surface area contributed by atoms with E-state index in [2.05, 4.69) is 10.3 Å². The van der Waals surface area contributed by atoms with Gasteiger partial charge in [-0.15, -0.1) is 0 Å². The van der Waals surface area contributed by atoms with Crippen LogP contribution < -0.4 is 5.32 Å². The average Bonchev–Trinajstić information content (AvgIpc) is 2.40. The Morgan fingerprint density at radius 3 is 2.57 bits per heavy atom. The summed E-state index contributed by atoms with van der Waals surface area (Å²) in [5.74, 6) is -1.28. The lowest BCUT2D eigenvalue weighted by atomic mass is 10.1. The molecule has 0 atom stereocenters. The monoisotopic (exact) mass is 318 g/mol. The number of rotatable bonds is 3. The molecule has 0 amide bonds. The van der Waals surface area contributed by atoms with E-state index < -0.39 is 17.6 Å². The normalized spacial score (nSPS) is 11.5. The zero-order chi connectivity index (χ0) is 15.6. The molecule has 1 heterocycles. The number of aryl methyl sites for hydroxylation is 1. The van der Waals surface area contributed by atoms with Gasteiger partial charge in [-0.1, -0.05) is 17.7 Å². The van der Waals surface area contributed by atoms with E-state index in [1.54, 1.807) is 13.0 Å². The van der Waals surface area contributed by atoms with Crippen molar-refractivity contribution in [3.8, 4) is 0 Å². The van der Waals surface area contributed by atoms with Crippen molar-refractivity contribution in [1.82, 2.24) is 4.98 Å². The number of nitrogens with one attached hydrogen (secondary N) is 1. The predicted octanol–water partition coefficient (Wildman–Crippen LogP) is 4.81. The van der Waals surface area contributed by atoms with Crippen LogP contribution in [0.15, 0.2) is 30.5 Å². The van der Waals surface area contributed by atoms with Crippen LogP contribution in [0.3, 0.4) is 0 Å². The molecule has 0 aliphatic carbocycles. The van der Waals surface area contributed by atoms with Crippen molar-refractivity contribution in [3.05, 3.63) is 58.1 Å². The van der Waals surface area contributed by atoms with E-state index in [4.69, 9.17) is 11.6 Å². The van der Waals surface area contributed by atoms with Crippen LogP contribution in [0.4, 0.5) is 23.2 Å². The maximum Gasteiger partial charge on any atom is 0.419 e. The lowest BCUT2D eigenvalue weighted by molar-refractivity contribution is -0.140. The van der Waals surface area contributed by atoms with Gasteiger partial charge in [0.2, 0.25) is 0 Å². The molecule has 0 spiro atoms. The molecule has 0 radical (unpaired) electrons. The molecule has 2 nitrogen and oxygen atoms in total. The Labute approximate surface area is 123 Å². The molecule has 1 aromatic carbocycles. The van der Waals surface area contributed by atoms with Crippen LogP contribution >= 0.6 is 11.6 Å². The molecule has 0 saturated heterocycles. The number of hydrogen-bond donors (Lipinski definition) is 1. The van der Waals surface area contributed by atoms with Gasteiger partial charge < -0.3 is 5.32 Å². The molecule has 0 bridgehead atoms. The van der Waals surface area contributed by atoms with Crippen LogP contribution in [0, 0.1) is 12.7 Å². The molecule has 2 rings (SSSR count). The summed E-state index contributed by atoms with van der Waals surface area (Å²) in [6.45, 7) is 1.88. The van der Waals surface area contributed by atoms with Crippen LogP contribution in [-0.4, -0.2) is 4.98 Å². The van der Waals surface area contributed by atoms with Crippen molar-refractivity contribution in [2.24, 2.45) is 0 Å². The Balaban J connectivity index is 2.15. The van der Waals surface area contributed by atoms with Crippen molar-refractivity contribution < 1.29 is 17.6 Å². The first-order chi connectivity index (χ1) is 9.77. The molecule has 0 aliphatic heterocycles. The second-order valence-corrected chi connectivity index (χ2v) is 4.86. The quantitative estimate of drug-likeness (QED) is 0.648. The van der Waals surface area contributed by atoms with Gasteiger partial charge in [0.1, 0.15) is 11.0 Å². The summed E-state index contributed by atoms with van der Waals surface area (Å²) in [5, 5.41) is 3.28. The summed E-state index contributed by atoms with van der Waals surface area (Å²) in [5.41, 5.74) is 0.412. The average molecular weight is 319 g/mol. The van der Waals surface area contributed by atoms with Gasteiger partial charge in [-0.3, -0.25) is 0 Å². The highest BCUT2D eigenvalue weighted by atomic mass is 35.5. The number of anilines is 1. The molecule has 1 N–H and O–H groups in total. The summed E-state index contributed by atoms with van der Waals surface area (Å²) < 4.78 is 51.0. The maximum atomic E-state index is 13.2. The van der Waals surface area contributed by atoms with Crippen molar-refractivity contribution >= 4 is 17.3 Å². The standard InChI is InChI=1S/C14H11ClF4N2/c1-8-4-10(7-21-13(8)15)20-6-9-2-3-12(16)11(5-9)14(17,18)19/h2-5,7,20H,6H2,1H3. The van der Waals surface area contributed by atoms with Gasteiger partial charge in [-0.25, -0.2) is 9.37 Å². The van der Waals surface area contributed by atoms with Crippen LogP contribution in [-0.2, 0) is 12.7 Å². The number of nitrogens with zero attached hydrogens (tertiary/aromatic N) is 1. The van der Waals surface area contributed by atoms with Gasteiger partial charge >= 0.3 is 6.18 Å². The second-order valence-electron chi connectivity index (χ2n) is 4.50. The fourth-order valence-corrected chi connectivity index (χ4v) is 1.86. The van der Waals surface area contributed by atoms with E-state index in [1.165, 1.54) is 12.3 Å². The number of alkyl halides is 3. The Bertz CT molecular complexity index is 656. The fourth-order valence-electron chi connectivity index (χ4n) is 1.76. The minimum atomic E-state index is -4.71. The van der Waals surface area contributed by atoms with Gasteiger partial charge in [0.15, 0.2) is 0 Å². The van der Waals surface area contributed by atoms with Crippen molar-refractivity contribution in [2.45, 2.75) is 19.6 Å². The third kappa shape index (κ3) is 3.85. The van der Waals surface area contributed by atoms with Gasteiger partial charge in [0, 0.05) is 6.54 Å². The maximum absolute atomic E-state index is 13.2. The minimum Gasteiger partial charge on any atom is -0.380 e. The molecule has 0 aliphatic rings. The zero-order valence-corrected chi connectivity index (χ0v) is 11.7. The van der Waals surface area contributed by atoms with E-state index in [0.29, 0.717) is 16.4 Å². The number of aromatic nitrogens is 1. The van der Waals surface area contributed by atoms with Gasteiger partial charge in [0.05, 0.1) is 17.4 Å². The number of pyridine rings is 1. The smallest absolute Gasteiger partial charge is 0.380 e. The van der Waals surface area contributed by atoms with Gasteiger partial charge in [0.25, 0.3) is 0 Å². The summed E-state index contributed by atoms with van der Waals surface area (Å²) >= 11 is 5.78. The predicted molar refractivity (Wildman–Crippen MR) is 72.7 cm³/mol. The van der Waals surface area contributed by atoms with Crippen molar-refractivity contribution in [1.29, 1.82) is 0 Å². The Hall–Kier alpha value is -1.82. The van der Waals surface area contributed by atoms with Crippen LogP contribution in [0.5, 0.6) is 0 Å². The molecule has 112 valence electrons. The largest absolute Gasteiger partial charge is 0.419 e. The SMILES string of the molecule is Cc1cc(NCc2ccc(F)c(C(F)(F)F)c2)cnc1Cl. The molecule has 0 unspecified atom stereocenters. The van der Waals surface area contributed by atoms with Gasteiger partial charge in [-0.05, 0) is 36.2 Å². The van der Waals surface area contributed by atoms with Crippen molar-refractivity contribution in [2.75, 3.05) is 5.32 Å². The molecule has 7 heteroatoms. The highest BCUT2D eigenvalue weighted by Crippen LogP contribution is 2.32. The highest BCUT2D eigenvalue weighted by molar-refractivity contribution is 6.30.